The van der Waals surface area contributed by atoms with Crippen molar-refractivity contribution in [3.63, 3.8) is 0 Å². The molecule has 3 heterocycles. The maximum Gasteiger partial charge on any atom is 0.308 e. The van der Waals surface area contributed by atoms with Gasteiger partial charge in [0.15, 0.2) is 0 Å². The first-order chi connectivity index (χ1) is 11.5. The second-order valence-corrected chi connectivity index (χ2v) is 6.75. The van der Waals surface area contributed by atoms with E-state index in [0.29, 0.717) is 47.7 Å². The standard InChI is InChI=1S/C17H19N3O4/c1-9-14-12(7-13(10-4-5-10)18-15(14)24-19-9)16(21)20-6-2-3-11(8-20)17(22)23/h7,10-11H,2-6,8H2,1H3,(H,22,23). The molecule has 1 amide bonds. The van der Waals surface area contributed by atoms with E-state index in [-0.39, 0.29) is 12.5 Å². The Balaban J connectivity index is 1.73. The van der Waals surface area contributed by atoms with E-state index < -0.39 is 11.9 Å². The predicted molar refractivity (Wildman–Crippen MR) is 84.8 cm³/mol. The lowest BCUT2D eigenvalue weighted by Gasteiger charge is -2.31. The van der Waals surface area contributed by atoms with Crippen molar-refractivity contribution in [1.82, 2.24) is 15.0 Å². The molecule has 0 radical (unpaired) electrons. The molecule has 1 aliphatic carbocycles. The summed E-state index contributed by atoms with van der Waals surface area (Å²) in [4.78, 5) is 30.5. The maximum atomic E-state index is 13.1. The van der Waals surface area contributed by atoms with E-state index in [1.54, 1.807) is 11.8 Å². The van der Waals surface area contributed by atoms with Crippen LogP contribution in [0.15, 0.2) is 10.6 Å². The number of rotatable bonds is 3. The molecule has 7 heteroatoms. The van der Waals surface area contributed by atoms with Gasteiger partial charge in [-0.15, -0.1) is 0 Å². The SMILES string of the molecule is Cc1noc2nc(C3CC3)cc(C(=O)N3CCCC(C(=O)O)C3)c12. The second kappa shape index (κ2) is 5.58. The first-order valence-electron chi connectivity index (χ1n) is 8.33. The van der Waals surface area contributed by atoms with Crippen LogP contribution in [0, 0.1) is 12.8 Å². The average molecular weight is 329 g/mol. The Morgan fingerprint density at radius 3 is 2.83 bits per heavy atom. The number of likely N-dealkylation sites (tertiary alicyclic amines) is 1. The minimum atomic E-state index is -0.841. The molecule has 7 nitrogen and oxygen atoms in total. The first-order valence-corrected chi connectivity index (χ1v) is 8.33. The second-order valence-electron chi connectivity index (χ2n) is 6.75. The van der Waals surface area contributed by atoms with Gasteiger partial charge in [0.2, 0.25) is 0 Å². The number of pyridine rings is 1. The molecule has 0 spiro atoms. The molecule has 1 saturated carbocycles. The van der Waals surface area contributed by atoms with E-state index in [1.165, 1.54) is 0 Å². The van der Waals surface area contributed by atoms with Crippen molar-refractivity contribution in [3.05, 3.63) is 23.0 Å². The number of aryl methyl sites for hydroxylation is 1. The molecular formula is C17H19N3O4. The number of carbonyl (C=O) groups excluding carboxylic acids is 1. The monoisotopic (exact) mass is 329 g/mol. The van der Waals surface area contributed by atoms with Gasteiger partial charge in [-0.05, 0) is 38.7 Å². The van der Waals surface area contributed by atoms with Crippen LogP contribution in [-0.4, -0.2) is 45.1 Å². The minimum Gasteiger partial charge on any atom is -0.481 e. The van der Waals surface area contributed by atoms with Gasteiger partial charge in [-0.25, -0.2) is 4.98 Å². The predicted octanol–water partition coefficient (Wildman–Crippen LogP) is 2.35. The van der Waals surface area contributed by atoms with Crippen LogP contribution in [0.3, 0.4) is 0 Å². The number of aromatic nitrogens is 2. The average Bonchev–Trinajstić information content (AvgIpc) is 3.37. The van der Waals surface area contributed by atoms with Crippen LogP contribution >= 0.6 is 0 Å². The first kappa shape index (κ1) is 15.1. The number of hydrogen-bond acceptors (Lipinski definition) is 5. The van der Waals surface area contributed by atoms with Gasteiger partial charge in [0.25, 0.3) is 11.6 Å². The van der Waals surface area contributed by atoms with Gasteiger partial charge in [-0.1, -0.05) is 5.16 Å². The van der Waals surface area contributed by atoms with E-state index >= 15 is 0 Å². The largest absolute Gasteiger partial charge is 0.481 e. The Morgan fingerprint density at radius 1 is 1.33 bits per heavy atom. The third-order valence-electron chi connectivity index (χ3n) is 4.92. The number of carboxylic acids is 1. The number of amides is 1. The molecule has 24 heavy (non-hydrogen) atoms. The zero-order chi connectivity index (χ0) is 16.8. The van der Waals surface area contributed by atoms with Crippen LogP contribution in [0.25, 0.3) is 11.1 Å². The van der Waals surface area contributed by atoms with Crippen LogP contribution in [0.4, 0.5) is 0 Å². The van der Waals surface area contributed by atoms with Crippen LogP contribution < -0.4 is 0 Å². The van der Waals surface area contributed by atoms with Crippen molar-refractivity contribution < 1.29 is 19.2 Å². The van der Waals surface area contributed by atoms with Crippen molar-refractivity contribution >= 4 is 23.0 Å². The van der Waals surface area contributed by atoms with Crippen molar-refractivity contribution in [2.75, 3.05) is 13.1 Å². The van der Waals surface area contributed by atoms with Gasteiger partial charge in [-0.3, -0.25) is 9.59 Å². The molecule has 0 aromatic carbocycles. The molecule has 126 valence electrons. The van der Waals surface area contributed by atoms with Gasteiger partial charge in [-0.2, -0.15) is 0 Å². The highest BCUT2D eigenvalue weighted by Crippen LogP contribution is 2.40. The van der Waals surface area contributed by atoms with Gasteiger partial charge < -0.3 is 14.5 Å². The number of aliphatic carboxylic acids is 1. The molecule has 2 aliphatic rings. The fourth-order valence-electron chi connectivity index (χ4n) is 3.40. The molecule has 4 rings (SSSR count). The normalized spacial score (nSPS) is 21.2. The lowest BCUT2D eigenvalue weighted by Crippen LogP contribution is -2.42. The molecule has 0 bridgehead atoms. The summed E-state index contributed by atoms with van der Waals surface area (Å²) in [6.07, 6.45) is 3.47. The van der Waals surface area contributed by atoms with Crippen LogP contribution in [0.2, 0.25) is 0 Å². The molecule has 1 atom stereocenters. The molecule has 2 aromatic heterocycles. The summed E-state index contributed by atoms with van der Waals surface area (Å²) >= 11 is 0. The Morgan fingerprint density at radius 2 is 2.12 bits per heavy atom. The molecule has 1 unspecified atom stereocenters. The zero-order valence-electron chi connectivity index (χ0n) is 13.5. The molecular weight excluding hydrogens is 310 g/mol. The fraction of sp³-hybridized carbons (Fsp3) is 0.529. The highest BCUT2D eigenvalue weighted by molar-refractivity contribution is 6.06. The highest BCUT2D eigenvalue weighted by atomic mass is 16.5. The molecule has 2 aromatic rings. The lowest BCUT2D eigenvalue weighted by molar-refractivity contribution is -0.143. The Labute approximate surface area is 138 Å². The Bertz CT molecular complexity index is 825. The van der Waals surface area contributed by atoms with Crippen LogP contribution in [0.5, 0.6) is 0 Å². The third kappa shape index (κ3) is 2.53. The van der Waals surface area contributed by atoms with Crippen LogP contribution in [0.1, 0.15) is 53.3 Å². The Kier molecular flexibility index (Phi) is 3.51. The quantitative estimate of drug-likeness (QED) is 0.928. The van der Waals surface area contributed by atoms with Gasteiger partial charge in [0, 0.05) is 24.7 Å². The summed E-state index contributed by atoms with van der Waals surface area (Å²) in [5.41, 5.74) is 2.43. The summed E-state index contributed by atoms with van der Waals surface area (Å²) in [7, 11) is 0. The number of piperidine rings is 1. The summed E-state index contributed by atoms with van der Waals surface area (Å²) in [5.74, 6) is -1.10. The summed E-state index contributed by atoms with van der Waals surface area (Å²) in [6, 6.07) is 1.84. The van der Waals surface area contributed by atoms with Gasteiger partial charge >= 0.3 is 5.97 Å². The fourth-order valence-corrected chi connectivity index (χ4v) is 3.40. The van der Waals surface area contributed by atoms with Gasteiger partial charge in [0.05, 0.1) is 22.6 Å². The van der Waals surface area contributed by atoms with E-state index in [9.17, 15) is 14.7 Å². The third-order valence-corrected chi connectivity index (χ3v) is 4.92. The zero-order valence-corrected chi connectivity index (χ0v) is 13.5. The number of nitrogens with zero attached hydrogens (tertiary/aromatic N) is 3. The van der Waals surface area contributed by atoms with Crippen LogP contribution in [-0.2, 0) is 4.79 Å². The van der Waals surface area contributed by atoms with Crippen molar-refractivity contribution in [3.8, 4) is 0 Å². The maximum absolute atomic E-state index is 13.1. The molecule has 1 saturated heterocycles. The summed E-state index contributed by atoms with van der Waals surface area (Å²) < 4.78 is 5.28. The highest BCUT2D eigenvalue weighted by Gasteiger charge is 2.32. The minimum absolute atomic E-state index is 0.151. The van der Waals surface area contributed by atoms with E-state index in [2.05, 4.69) is 10.1 Å². The number of fused-ring (bicyclic) bond motifs is 1. The number of hydrogen-bond donors (Lipinski definition) is 1. The van der Waals surface area contributed by atoms with E-state index in [4.69, 9.17) is 4.52 Å². The summed E-state index contributed by atoms with van der Waals surface area (Å²) in [6.45, 7) is 2.62. The Hall–Kier alpha value is -2.44. The van der Waals surface area contributed by atoms with E-state index in [0.717, 1.165) is 18.5 Å². The van der Waals surface area contributed by atoms with E-state index in [1.807, 2.05) is 6.07 Å². The molecule has 1 N–H and O–H groups in total. The molecule has 2 fully saturated rings. The molecule has 1 aliphatic heterocycles. The topological polar surface area (TPSA) is 96.5 Å². The number of carbonyl (C=O) groups is 2. The lowest BCUT2D eigenvalue weighted by atomic mass is 9.97. The van der Waals surface area contributed by atoms with Crippen molar-refractivity contribution in [2.24, 2.45) is 5.92 Å². The van der Waals surface area contributed by atoms with Gasteiger partial charge in [0.1, 0.15) is 0 Å². The number of carboxylic acid groups (broad SMARTS) is 1. The smallest absolute Gasteiger partial charge is 0.308 e. The summed E-state index contributed by atoms with van der Waals surface area (Å²) in [5, 5.41) is 13.8. The van der Waals surface area contributed by atoms with Crippen molar-refractivity contribution in [2.45, 2.75) is 38.5 Å². The van der Waals surface area contributed by atoms with Crippen molar-refractivity contribution in [1.29, 1.82) is 0 Å².